The Morgan fingerprint density at radius 2 is 2.19 bits per heavy atom. The number of amides is 1. The molecule has 0 bridgehead atoms. The number of halogens is 1. The van der Waals surface area contributed by atoms with Crippen molar-refractivity contribution in [2.45, 2.75) is 13.5 Å². The number of hydrogen-bond acceptors (Lipinski definition) is 5. The van der Waals surface area contributed by atoms with Gasteiger partial charge in [-0.05, 0) is 46.6 Å². The second-order valence-corrected chi connectivity index (χ2v) is 6.49. The predicted molar refractivity (Wildman–Crippen MR) is 105 cm³/mol. The maximum atomic E-state index is 12.6. The molecule has 1 aromatic carbocycles. The summed E-state index contributed by atoms with van der Waals surface area (Å²) in [5.41, 5.74) is 1.46. The van der Waals surface area contributed by atoms with Crippen LogP contribution in [-0.4, -0.2) is 34.4 Å². The average molecular weight is 431 g/mol. The van der Waals surface area contributed by atoms with E-state index in [1.54, 1.807) is 41.5 Å². The van der Waals surface area contributed by atoms with Gasteiger partial charge in [-0.2, -0.15) is 5.10 Å². The van der Waals surface area contributed by atoms with E-state index in [-0.39, 0.29) is 5.91 Å². The Balaban J connectivity index is 1.73. The van der Waals surface area contributed by atoms with Crippen LogP contribution in [0.5, 0.6) is 11.5 Å². The molecule has 3 aromatic rings. The van der Waals surface area contributed by atoms with Crippen molar-refractivity contribution >= 4 is 27.7 Å². The first-order valence-electron chi connectivity index (χ1n) is 8.34. The van der Waals surface area contributed by atoms with Gasteiger partial charge in [-0.15, -0.1) is 0 Å². The number of methoxy groups -OCH3 is 1. The van der Waals surface area contributed by atoms with Crippen LogP contribution in [0.2, 0.25) is 0 Å². The smallest absolute Gasteiger partial charge is 0.257 e. The van der Waals surface area contributed by atoms with Gasteiger partial charge in [-0.3, -0.25) is 14.5 Å². The molecule has 0 fully saturated rings. The lowest BCUT2D eigenvalue weighted by Gasteiger charge is -2.13. The van der Waals surface area contributed by atoms with Crippen molar-refractivity contribution in [1.29, 1.82) is 0 Å². The molecule has 0 aliphatic heterocycles. The van der Waals surface area contributed by atoms with Crippen LogP contribution in [0.25, 0.3) is 0 Å². The minimum Gasteiger partial charge on any atom is -0.493 e. The normalized spacial score (nSPS) is 10.5. The molecule has 27 heavy (non-hydrogen) atoms. The Labute approximate surface area is 165 Å². The number of nitrogens with zero attached hydrogens (tertiary/aromatic N) is 3. The van der Waals surface area contributed by atoms with Crippen LogP contribution >= 0.6 is 15.9 Å². The highest BCUT2D eigenvalue weighted by molar-refractivity contribution is 9.10. The number of anilines is 1. The maximum absolute atomic E-state index is 12.6. The Morgan fingerprint density at radius 1 is 1.33 bits per heavy atom. The molecule has 140 valence electrons. The van der Waals surface area contributed by atoms with E-state index < -0.39 is 0 Å². The number of carbonyl (C=O) groups excluding carboxylic acids is 1. The highest BCUT2D eigenvalue weighted by atomic mass is 79.9. The number of aromatic nitrogens is 3. The van der Waals surface area contributed by atoms with E-state index in [0.29, 0.717) is 40.5 Å². The van der Waals surface area contributed by atoms with Crippen LogP contribution in [0.1, 0.15) is 22.8 Å². The van der Waals surface area contributed by atoms with Crippen molar-refractivity contribution in [2.75, 3.05) is 19.0 Å². The van der Waals surface area contributed by atoms with Gasteiger partial charge in [-0.1, -0.05) is 6.07 Å². The molecule has 0 spiro atoms. The van der Waals surface area contributed by atoms with Gasteiger partial charge in [-0.25, -0.2) is 0 Å². The van der Waals surface area contributed by atoms with Crippen molar-refractivity contribution in [3.05, 3.63) is 64.5 Å². The average Bonchev–Trinajstić information content (AvgIpc) is 3.10. The number of carbonyl (C=O) groups is 1. The van der Waals surface area contributed by atoms with Crippen LogP contribution < -0.4 is 14.8 Å². The van der Waals surface area contributed by atoms with Gasteiger partial charge in [0.2, 0.25) is 0 Å². The Bertz CT molecular complexity index is 928. The van der Waals surface area contributed by atoms with Gasteiger partial charge in [0, 0.05) is 30.2 Å². The standard InChI is InChI=1S/C19H19BrN4O3/c1-3-27-18-15(20)9-14(10-16(18)26-2)19(25)22-17-6-8-24(23-17)12-13-5-4-7-21-11-13/h4-11H,3,12H2,1-2H3,(H,22,23,25). The van der Waals surface area contributed by atoms with Gasteiger partial charge in [0.15, 0.2) is 17.3 Å². The zero-order chi connectivity index (χ0) is 19.2. The minimum atomic E-state index is -0.288. The number of nitrogens with one attached hydrogen (secondary N) is 1. The molecule has 0 unspecified atom stereocenters. The molecule has 1 amide bonds. The SMILES string of the molecule is CCOc1c(Br)cc(C(=O)Nc2ccn(Cc3cccnc3)n2)cc1OC. The first kappa shape index (κ1) is 18.9. The Hall–Kier alpha value is -2.87. The summed E-state index contributed by atoms with van der Waals surface area (Å²) >= 11 is 3.42. The van der Waals surface area contributed by atoms with E-state index in [0.717, 1.165) is 5.56 Å². The summed E-state index contributed by atoms with van der Waals surface area (Å²) in [5, 5.41) is 7.16. The van der Waals surface area contributed by atoms with Gasteiger partial charge in [0.05, 0.1) is 24.7 Å². The largest absolute Gasteiger partial charge is 0.493 e. The second-order valence-electron chi connectivity index (χ2n) is 5.64. The third kappa shape index (κ3) is 4.65. The molecule has 3 rings (SSSR count). The third-order valence-corrected chi connectivity index (χ3v) is 4.32. The van der Waals surface area contributed by atoms with Crippen molar-refractivity contribution < 1.29 is 14.3 Å². The summed E-state index contributed by atoms with van der Waals surface area (Å²) < 4.78 is 13.3. The zero-order valence-corrected chi connectivity index (χ0v) is 16.6. The molecule has 2 aromatic heterocycles. The van der Waals surface area contributed by atoms with E-state index >= 15 is 0 Å². The summed E-state index contributed by atoms with van der Waals surface area (Å²) in [6, 6.07) is 8.91. The summed E-state index contributed by atoms with van der Waals surface area (Å²) in [6.07, 6.45) is 5.31. The first-order chi connectivity index (χ1) is 13.1. The molecule has 0 radical (unpaired) electrons. The monoisotopic (exact) mass is 430 g/mol. The molecule has 0 saturated carbocycles. The van der Waals surface area contributed by atoms with Crippen molar-refractivity contribution in [2.24, 2.45) is 0 Å². The van der Waals surface area contributed by atoms with Gasteiger partial charge in [0.25, 0.3) is 5.91 Å². The number of rotatable bonds is 7. The molecular formula is C19H19BrN4O3. The molecule has 0 aliphatic carbocycles. The fraction of sp³-hybridized carbons (Fsp3) is 0.211. The minimum absolute atomic E-state index is 0.288. The van der Waals surface area contributed by atoms with E-state index in [9.17, 15) is 4.79 Å². The van der Waals surface area contributed by atoms with Crippen LogP contribution in [0, 0.1) is 0 Å². The molecule has 2 heterocycles. The predicted octanol–water partition coefficient (Wildman–Crippen LogP) is 3.75. The van der Waals surface area contributed by atoms with Crippen molar-refractivity contribution in [3.63, 3.8) is 0 Å². The highest BCUT2D eigenvalue weighted by Gasteiger charge is 2.16. The van der Waals surface area contributed by atoms with E-state index in [1.165, 1.54) is 7.11 Å². The van der Waals surface area contributed by atoms with Crippen LogP contribution in [0.4, 0.5) is 5.82 Å². The molecule has 8 heteroatoms. The lowest BCUT2D eigenvalue weighted by atomic mass is 10.2. The van der Waals surface area contributed by atoms with E-state index in [1.807, 2.05) is 19.1 Å². The topological polar surface area (TPSA) is 78.3 Å². The van der Waals surface area contributed by atoms with Crippen LogP contribution in [-0.2, 0) is 6.54 Å². The lowest BCUT2D eigenvalue weighted by molar-refractivity contribution is 0.102. The molecule has 1 N–H and O–H groups in total. The van der Waals surface area contributed by atoms with Gasteiger partial charge >= 0.3 is 0 Å². The van der Waals surface area contributed by atoms with Crippen molar-refractivity contribution in [3.8, 4) is 11.5 Å². The summed E-state index contributed by atoms with van der Waals surface area (Å²) in [4.78, 5) is 16.7. The highest BCUT2D eigenvalue weighted by Crippen LogP contribution is 2.36. The Kier molecular flexibility index (Phi) is 6.08. The quantitative estimate of drug-likeness (QED) is 0.617. The first-order valence-corrected chi connectivity index (χ1v) is 9.14. The number of ether oxygens (including phenoxy) is 2. The fourth-order valence-electron chi connectivity index (χ4n) is 2.52. The van der Waals surface area contributed by atoms with Gasteiger partial charge in [0.1, 0.15) is 0 Å². The molecule has 7 nitrogen and oxygen atoms in total. The third-order valence-electron chi connectivity index (χ3n) is 3.73. The number of hydrogen-bond donors (Lipinski definition) is 1. The summed E-state index contributed by atoms with van der Waals surface area (Å²) in [6.45, 7) is 2.95. The molecule has 0 saturated heterocycles. The van der Waals surface area contributed by atoms with Crippen molar-refractivity contribution in [1.82, 2.24) is 14.8 Å². The number of benzene rings is 1. The number of pyridine rings is 1. The second kappa shape index (κ2) is 8.68. The zero-order valence-electron chi connectivity index (χ0n) is 15.0. The van der Waals surface area contributed by atoms with E-state index in [2.05, 4.69) is 31.3 Å². The molecular weight excluding hydrogens is 412 g/mol. The summed E-state index contributed by atoms with van der Waals surface area (Å²) in [7, 11) is 1.53. The molecule has 0 atom stereocenters. The van der Waals surface area contributed by atoms with Crippen LogP contribution in [0.15, 0.2) is 53.4 Å². The summed E-state index contributed by atoms with van der Waals surface area (Å²) in [5.74, 6) is 1.23. The molecule has 0 aliphatic rings. The van der Waals surface area contributed by atoms with Crippen LogP contribution in [0.3, 0.4) is 0 Å². The van der Waals surface area contributed by atoms with E-state index in [4.69, 9.17) is 9.47 Å². The Morgan fingerprint density at radius 3 is 2.89 bits per heavy atom. The lowest BCUT2D eigenvalue weighted by Crippen LogP contribution is -2.13. The maximum Gasteiger partial charge on any atom is 0.257 e. The fourth-order valence-corrected chi connectivity index (χ4v) is 3.08. The van der Waals surface area contributed by atoms with Gasteiger partial charge < -0.3 is 14.8 Å².